The molecule has 1 N–H and O–H groups in total. The molecule has 20 heavy (non-hydrogen) atoms. The molecule has 1 fully saturated rings. The summed E-state index contributed by atoms with van der Waals surface area (Å²) < 4.78 is 1.19. The zero-order valence-electron chi connectivity index (χ0n) is 11.0. The highest BCUT2D eigenvalue weighted by molar-refractivity contribution is 7.19. The number of rotatable bonds is 3. The van der Waals surface area contributed by atoms with Crippen LogP contribution in [0.4, 0.5) is 0 Å². The molecule has 5 heteroatoms. The number of aliphatic carboxylic acids is 1. The number of nitrogens with zero attached hydrogens (tertiary/aromatic N) is 1. The van der Waals surface area contributed by atoms with Gasteiger partial charge in [0.15, 0.2) is 0 Å². The fourth-order valence-electron chi connectivity index (χ4n) is 2.77. The van der Waals surface area contributed by atoms with Crippen LogP contribution in [-0.4, -0.2) is 29.1 Å². The Kier molecular flexibility index (Phi) is 3.96. The Bertz CT molecular complexity index is 640. The Labute approximate surface area is 126 Å². The van der Waals surface area contributed by atoms with E-state index in [9.17, 15) is 4.79 Å². The van der Waals surface area contributed by atoms with E-state index in [2.05, 4.69) is 11.0 Å². The molecule has 1 aromatic heterocycles. The van der Waals surface area contributed by atoms with Gasteiger partial charge in [-0.05, 0) is 25.5 Å². The number of thiophene rings is 1. The van der Waals surface area contributed by atoms with Crippen LogP contribution in [0.5, 0.6) is 0 Å². The van der Waals surface area contributed by atoms with E-state index in [1.54, 1.807) is 11.3 Å². The molecule has 0 radical (unpaired) electrons. The number of piperidine rings is 1. The molecule has 0 bridgehead atoms. The first-order valence-electron chi connectivity index (χ1n) is 6.76. The van der Waals surface area contributed by atoms with Crippen LogP contribution >= 0.6 is 22.9 Å². The Balaban J connectivity index is 1.79. The van der Waals surface area contributed by atoms with Crippen LogP contribution in [-0.2, 0) is 11.3 Å². The third kappa shape index (κ3) is 2.68. The van der Waals surface area contributed by atoms with E-state index in [4.69, 9.17) is 16.7 Å². The minimum atomic E-state index is -0.683. The summed E-state index contributed by atoms with van der Waals surface area (Å²) in [5, 5.41) is 11.1. The van der Waals surface area contributed by atoms with Crippen LogP contribution in [0.3, 0.4) is 0 Å². The molecular formula is C15H16ClNO2S. The Morgan fingerprint density at radius 1 is 1.45 bits per heavy atom. The van der Waals surface area contributed by atoms with Crippen LogP contribution in [0.1, 0.15) is 17.7 Å². The maximum atomic E-state index is 11.1. The minimum Gasteiger partial charge on any atom is -0.481 e. The number of halogens is 1. The maximum absolute atomic E-state index is 11.1. The summed E-state index contributed by atoms with van der Waals surface area (Å²) >= 11 is 8.15. The van der Waals surface area contributed by atoms with Crippen molar-refractivity contribution in [1.29, 1.82) is 0 Å². The second-order valence-electron chi connectivity index (χ2n) is 5.25. The Morgan fingerprint density at radius 3 is 3.00 bits per heavy atom. The van der Waals surface area contributed by atoms with Crippen molar-refractivity contribution in [3.63, 3.8) is 0 Å². The Hall–Kier alpha value is -1.10. The van der Waals surface area contributed by atoms with Crippen molar-refractivity contribution in [2.75, 3.05) is 13.1 Å². The van der Waals surface area contributed by atoms with Gasteiger partial charge in [0.1, 0.15) is 0 Å². The van der Waals surface area contributed by atoms with E-state index in [1.165, 1.54) is 4.70 Å². The molecule has 0 amide bonds. The van der Waals surface area contributed by atoms with Crippen molar-refractivity contribution in [1.82, 2.24) is 4.90 Å². The van der Waals surface area contributed by atoms with Crippen LogP contribution in [0, 0.1) is 5.92 Å². The van der Waals surface area contributed by atoms with Crippen molar-refractivity contribution >= 4 is 39.0 Å². The summed E-state index contributed by atoms with van der Waals surface area (Å²) in [5.41, 5.74) is 0. The molecule has 1 saturated heterocycles. The molecule has 2 heterocycles. The molecule has 0 aliphatic carbocycles. The van der Waals surface area contributed by atoms with Gasteiger partial charge in [-0.15, -0.1) is 11.3 Å². The van der Waals surface area contributed by atoms with Gasteiger partial charge in [-0.2, -0.15) is 0 Å². The number of carboxylic acid groups (broad SMARTS) is 1. The highest BCUT2D eigenvalue weighted by Gasteiger charge is 2.26. The molecule has 0 spiro atoms. The maximum Gasteiger partial charge on any atom is 0.307 e. The van der Waals surface area contributed by atoms with Crippen LogP contribution in [0.15, 0.2) is 24.3 Å². The SMILES string of the molecule is O=C(O)[C@@H]1CCCN(Cc2sc3ccccc3c2Cl)C1. The molecule has 3 nitrogen and oxygen atoms in total. The number of fused-ring (bicyclic) bond motifs is 1. The lowest BCUT2D eigenvalue weighted by molar-refractivity contribution is -0.143. The zero-order valence-corrected chi connectivity index (χ0v) is 12.6. The topological polar surface area (TPSA) is 40.5 Å². The zero-order chi connectivity index (χ0) is 14.1. The van der Waals surface area contributed by atoms with Gasteiger partial charge in [-0.25, -0.2) is 0 Å². The molecule has 1 aliphatic rings. The van der Waals surface area contributed by atoms with Gasteiger partial charge >= 0.3 is 5.97 Å². The minimum absolute atomic E-state index is 0.239. The second-order valence-corrected chi connectivity index (χ2v) is 6.76. The van der Waals surface area contributed by atoms with Crippen LogP contribution in [0.2, 0.25) is 5.02 Å². The van der Waals surface area contributed by atoms with Gasteiger partial charge in [0.25, 0.3) is 0 Å². The monoisotopic (exact) mass is 309 g/mol. The van der Waals surface area contributed by atoms with Gasteiger partial charge in [0, 0.05) is 28.1 Å². The van der Waals surface area contributed by atoms with Gasteiger partial charge in [0.05, 0.1) is 10.9 Å². The predicted octanol–water partition coefficient (Wildman–Crippen LogP) is 3.85. The fourth-order valence-corrected chi connectivity index (χ4v) is 4.31. The normalized spacial score (nSPS) is 20.4. The number of carbonyl (C=O) groups is 1. The number of hydrogen-bond acceptors (Lipinski definition) is 3. The van der Waals surface area contributed by atoms with Crippen molar-refractivity contribution < 1.29 is 9.90 Å². The molecule has 106 valence electrons. The molecule has 2 aromatic rings. The number of carboxylic acids is 1. The molecule has 3 rings (SSSR count). The third-order valence-electron chi connectivity index (χ3n) is 3.82. The van der Waals surface area contributed by atoms with Crippen molar-refractivity contribution in [2.24, 2.45) is 5.92 Å². The standard InChI is InChI=1S/C15H16ClNO2S/c16-14-11-5-1-2-6-12(11)20-13(14)9-17-7-3-4-10(8-17)15(18)19/h1-2,5-6,10H,3-4,7-9H2,(H,18,19)/t10-/m1/s1. The summed E-state index contributed by atoms with van der Waals surface area (Å²) in [6.07, 6.45) is 1.73. The van der Waals surface area contributed by atoms with Gasteiger partial charge < -0.3 is 5.11 Å². The lowest BCUT2D eigenvalue weighted by atomic mass is 9.98. The molecule has 1 atom stereocenters. The van der Waals surface area contributed by atoms with Gasteiger partial charge in [0.2, 0.25) is 0 Å². The van der Waals surface area contributed by atoms with E-state index in [1.807, 2.05) is 18.2 Å². The summed E-state index contributed by atoms with van der Waals surface area (Å²) in [4.78, 5) is 14.5. The molecule has 0 saturated carbocycles. The second kappa shape index (κ2) is 5.72. The summed E-state index contributed by atoms with van der Waals surface area (Å²) in [5.74, 6) is -0.922. The highest BCUT2D eigenvalue weighted by Crippen LogP contribution is 2.36. The van der Waals surface area contributed by atoms with E-state index >= 15 is 0 Å². The summed E-state index contributed by atoms with van der Waals surface area (Å²) in [6.45, 7) is 2.33. The average molecular weight is 310 g/mol. The Morgan fingerprint density at radius 2 is 2.25 bits per heavy atom. The smallest absolute Gasteiger partial charge is 0.307 e. The highest BCUT2D eigenvalue weighted by atomic mass is 35.5. The molecule has 0 unspecified atom stereocenters. The largest absolute Gasteiger partial charge is 0.481 e. The first kappa shape index (κ1) is 13.9. The van der Waals surface area contributed by atoms with Gasteiger partial charge in [-0.1, -0.05) is 29.8 Å². The first-order chi connectivity index (χ1) is 9.65. The van der Waals surface area contributed by atoms with E-state index in [-0.39, 0.29) is 5.92 Å². The van der Waals surface area contributed by atoms with E-state index in [0.717, 1.165) is 41.2 Å². The molecule has 1 aromatic carbocycles. The molecule has 1 aliphatic heterocycles. The first-order valence-corrected chi connectivity index (χ1v) is 7.95. The predicted molar refractivity (Wildman–Crippen MR) is 82.5 cm³/mol. The van der Waals surface area contributed by atoms with Crippen molar-refractivity contribution in [3.8, 4) is 0 Å². The van der Waals surface area contributed by atoms with E-state index in [0.29, 0.717) is 6.54 Å². The number of hydrogen-bond donors (Lipinski definition) is 1. The lowest BCUT2D eigenvalue weighted by Gasteiger charge is -2.30. The summed E-state index contributed by atoms with van der Waals surface area (Å²) in [7, 11) is 0. The number of likely N-dealkylation sites (tertiary alicyclic amines) is 1. The third-order valence-corrected chi connectivity index (χ3v) is 5.52. The molecular weight excluding hydrogens is 294 g/mol. The van der Waals surface area contributed by atoms with Crippen molar-refractivity contribution in [3.05, 3.63) is 34.2 Å². The quantitative estimate of drug-likeness (QED) is 0.936. The van der Waals surface area contributed by atoms with Crippen LogP contribution in [0.25, 0.3) is 10.1 Å². The number of benzene rings is 1. The van der Waals surface area contributed by atoms with E-state index < -0.39 is 5.97 Å². The van der Waals surface area contributed by atoms with Crippen LogP contribution < -0.4 is 0 Å². The average Bonchev–Trinajstić information content (AvgIpc) is 2.76. The summed E-state index contributed by atoms with van der Waals surface area (Å²) in [6, 6.07) is 8.12. The van der Waals surface area contributed by atoms with Crippen molar-refractivity contribution in [2.45, 2.75) is 19.4 Å². The van der Waals surface area contributed by atoms with Gasteiger partial charge in [-0.3, -0.25) is 9.69 Å². The lowest BCUT2D eigenvalue weighted by Crippen LogP contribution is -2.38. The fraction of sp³-hybridized carbons (Fsp3) is 0.400.